The summed E-state index contributed by atoms with van der Waals surface area (Å²) in [5.74, 6) is -1.32. The molecule has 1 heterocycles. The average Bonchev–Trinajstić information content (AvgIpc) is 2.15. The maximum Gasteiger partial charge on any atom is 0.261 e. The van der Waals surface area contributed by atoms with Crippen LogP contribution in [0.5, 0.6) is 0 Å². The zero-order valence-electron chi connectivity index (χ0n) is 7.90. The van der Waals surface area contributed by atoms with Gasteiger partial charge in [-0.3, -0.25) is 4.79 Å². The number of Topliss-reactive ketones (excluding diaryl/α,β-unsaturated/α-hetero) is 1. The molecule has 0 unspecified atom stereocenters. The lowest BCUT2D eigenvalue weighted by atomic mass is 10.5. The van der Waals surface area contributed by atoms with Crippen LogP contribution in [0.2, 0.25) is 0 Å². The molecule has 0 aliphatic rings. The van der Waals surface area contributed by atoms with Gasteiger partial charge in [0.05, 0.1) is 6.54 Å². The summed E-state index contributed by atoms with van der Waals surface area (Å²) in [4.78, 5) is 14.0. The maximum absolute atomic E-state index is 13.0. The van der Waals surface area contributed by atoms with Crippen LogP contribution in [0.4, 0.5) is 4.39 Å². The molecule has 5 nitrogen and oxygen atoms in total. The van der Waals surface area contributed by atoms with Gasteiger partial charge in [0.15, 0.2) is 5.82 Å². The van der Waals surface area contributed by atoms with Gasteiger partial charge < -0.3 is 0 Å². The first-order valence-corrected chi connectivity index (χ1v) is 5.51. The van der Waals surface area contributed by atoms with Crippen molar-refractivity contribution in [1.82, 2.24) is 9.71 Å². The van der Waals surface area contributed by atoms with Crippen molar-refractivity contribution in [3.05, 3.63) is 24.1 Å². The van der Waals surface area contributed by atoms with Gasteiger partial charge in [-0.1, -0.05) is 0 Å². The van der Waals surface area contributed by atoms with Crippen LogP contribution >= 0.6 is 0 Å². The highest BCUT2D eigenvalue weighted by Gasteiger charge is 2.20. The van der Waals surface area contributed by atoms with Crippen LogP contribution in [0.25, 0.3) is 0 Å². The van der Waals surface area contributed by atoms with Crippen LogP contribution in [-0.4, -0.2) is 25.7 Å². The summed E-state index contributed by atoms with van der Waals surface area (Å²) in [5, 5.41) is -0.703. The fraction of sp³-hybridized carbons (Fsp3) is 0.250. The molecule has 1 aromatic heterocycles. The van der Waals surface area contributed by atoms with E-state index in [0.717, 1.165) is 12.3 Å². The Kier molecular flexibility index (Phi) is 3.48. The molecule has 0 atom stereocenters. The van der Waals surface area contributed by atoms with Crippen molar-refractivity contribution in [2.45, 2.75) is 11.9 Å². The van der Waals surface area contributed by atoms with E-state index in [2.05, 4.69) is 4.98 Å². The molecule has 0 aromatic carbocycles. The zero-order valence-corrected chi connectivity index (χ0v) is 8.71. The Morgan fingerprint density at radius 1 is 1.60 bits per heavy atom. The highest BCUT2D eigenvalue weighted by molar-refractivity contribution is 7.89. The fourth-order valence-electron chi connectivity index (χ4n) is 0.834. The Bertz CT molecular complexity index is 473. The van der Waals surface area contributed by atoms with Gasteiger partial charge in [0, 0.05) is 6.20 Å². The standard InChI is InChI=1S/C8H9FN2O3S/c1-6(12)5-11-15(13,14)8-7(9)3-2-4-10-8/h2-4,11H,5H2,1H3. The first-order chi connectivity index (χ1) is 6.93. The van der Waals surface area contributed by atoms with Crippen LogP contribution in [0.1, 0.15) is 6.92 Å². The third-order valence-electron chi connectivity index (χ3n) is 1.49. The molecule has 0 saturated carbocycles. The molecule has 0 amide bonds. The van der Waals surface area contributed by atoms with Crippen molar-refractivity contribution in [3.63, 3.8) is 0 Å². The summed E-state index contributed by atoms with van der Waals surface area (Å²) in [5.41, 5.74) is 0. The Hall–Kier alpha value is -1.34. The lowest BCUT2D eigenvalue weighted by Crippen LogP contribution is -2.29. The third-order valence-corrected chi connectivity index (χ3v) is 2.82. The molecule has 0 aliphatic heterocycles. The van der Waals surface area contributed by atoms with E-state index in [1.165, 1.54) is 13.0 Å². The zero-order chi connectivity index (χ0) is 11.5. The fourth-order valence-corrected chi connectivity index (χ4v) is 1.89. The topological polar surface area (TPSA) is 76.1 Å². The van der Waals surface area contributed by atoms with E-state index in [9.17, 15) is 17.6 Å². The van der Waals surface area contributed by atoms with Crippen LogP contribution < -0.4 is 4.72 Å². The Balaban J connectivity index is 2.97. The molecule has 1 aromatic rings. The van der Waals surface area contributed by atoms with Gasteiger partial charge in [-0.25, -0.2) is 22.5 Å². The number of nitrogens with zero attached hydrogens (tertiary/aromatic N) is 1. The van der Waals surface area contributed by atoms with Crippen molar-refractivity contribution in [1.29, 1.82) is 0 Å². The number of ketones is 1. The quantitative estimate of drug-likeness (QED) is 0.798. The smallest absolute Gasteiger partial charge is 0.261 e. The van der Waals surface area contributed by atoms with Crippen LogP contribution in [-0.2, 0) is 14.8 Å². The molecule has 1 rings (SSSR count). The minimum atomic E-state index is -4.04. The molecule has 1 N–H and O–H groups in total. The van der Waals surface area contributed by atoms with E-state index in [1.807, 2.05) is 4.72 Å². The number of rotatable bonds is 4. The summed E-state index contributed by atoms with van der Waals surface area (Å²) in [6, 6.07) is 2.26. The molecule has 15 heavy (non-hydrogen) atoms. The van der Waals surface area contributed by atoms with Gasteiger partial charge in [0.2, 0.25) is 5.03 Å². The van der Waals surface area contributed by atoms with Gasteiger partial charge >= 0.3 is 0 Å². The average molecular weight is 232 g/mol. The van der Waals surface area contributed by atoms with Crippen molar-refractivity contribution in [3.8, 4) is 0 Å². The molecule has 0 aliphatic carbocycles. The SMILES string of the molecule is CC(=O)CNS(=O)(=O)c1ncccc1F. The number of halogens is 1. The number of hydrogen-bond donors (Lipinski definition) is 1. The second-order valence-corrected chi connectivity index (χ2v) is 4.50. The van der Waals surface area contributed by atoms with Crippen LogP contribution in [0.15, 0.2) is 23.4 Å². The molecule has 0 spiro atoms. The number of carbonyl (C=O) groups excluding carboxylic acids is 1. The Labute approximate surface area is 86.4 Å². The van der Waals surface area contributed by atoms with E-state index < -0.39 is 20.9 Å². The molecule has 0 bridgehead atoms. The highest BCUT2D eigenvalue weighted by Crippen LogP contribution is 2.08. The van der Waals surface area contributed by atoms with Crippen molar-refractivity contribution in [2.75, 3.05) is 6.54 Å². The van der Waals surface area contributed by atoms with E-state index in [-0.39, 0.29) is 12.3 Å². The largest absolute Gasteiger partial charge is 0.299 e. The number of hydrogen-bond acceptors (Lipinski definition) is 4. The highest BCUT2D eigenvalue weighted by atomic mass is 32.2. The van der Waals surface area contributed by atoms with E-state index in [1.54, 1.807) is 0 Å². The summed E-state index contributed by atoms with van der Waals surface area (Å²) >= 11 is 0. The lowest BCUT2D eigenvalue weighted by molar-refractivity contribution is -0.115. The van der Waals surface area contributed by atoms with Crippen LogP contribution in [0.3, 0.4) is 0 Å². The minimum absolute atomic E-state index is 0.366. The van der Waals surface area contributed by atoms with E-state index >= 15 is 0 Å². The number of carbonyl (C=O) groups is 1. The van der Waals surface area contributed by atoms with Crippen molar-refractivity contribution < 1.29 is 17.6 Å². The molecular formula is C8H9FN2O3S. The Morgan fingerprint density at radius 3 is 2.80 bits per heavy atom. The second kappa shape index (κ2) is 4.45. The van der Waals surface area contributed by atoms with Gasteiger partial charge in [-0.15, -0.1) is 0 Å². The molecule has 0 radical (unpaired) electrons. The second-order valence-electron chi connectivity index (χ2n) is 2.82. The van der Waals surface area contributed by atoms with E-state index in [4.69, 9.17) is 0 Å². The molecule has 7 heteroatoms. The molecular weight excluding hydrogens is 223 g/mol. The lowest BCUT2D eigenvalue weighted by Gasteiger charge is -2.04. The van der Waals surface area contributed by atoms with Crippen molar-refractivity contribution >= 4 is 15.8 Å². The number of sulfonamides is 1. The first-order valence-electron chi connectivity index (χ1n) is 4.03. The maximum atomic E-state index is 13.0. The molecule has 0 fully saturated rings. The minimum Gasteiger partial charge on any atom is -0.299 e. The molecule has 0 saturated heterocycles. The third kappa shape index (κ3) is 3.07. The molecule has 82 valence electrons. The normalized spacial score (nSPS) is 11.3. The van der Waals surface area contributed by atoms with Gasteiger partial charge in [0.25, 0.3) is 10.0 Å². The predicted octanol–water partition coefficient (Wildman–Crippen LogP) is 0.0880. The van der Waals surface area contributed by atoms with Gasteiger partial charge in [0.1, 0.15) is 5.78 Å². The Morgan fingerprint density at radius 2 is 2.27 bits per heavy atom. The first kappa shape index (κ1) is 11.7. The predicted molar refractivity (Wildman–Crippen MR) is 50.1 cm³/mol. The monoisotopic (exact) mass is 232 g/mol. The van der Waals surface area contributed by atoms with E-state index in [0.29, 0.717) is 0 Å². The van der Waals surface area contributed by atoms with Crippen LogP contribution in [0, 0.1) is 5.82 Å². The summed E-state index contributed by atoms with van der Waals surface area (Å²) in [6.45, 7) is 0.843. The van der Waals surface area contributed by atoms with Gasteiger partial charge in [-0.2, -0.15) is 0 Å². The summed E-state index contributed by atoms with van der Waals surface area (Å²) in [7, 11) is -4.04. The summed E-state index contributed by atoms with van der Waals surface area (Å²) < 4.78 is 37.8. The number of pyridine rings is 1. The summed E-state index contributed by atoms with van der Waals surface area (Å²) in [6.07, 6.45) is 1.16. The number of aromatic nitrogens is 1. The van der Waals surface area contributed by atoms with Gasteiger partial charge in [-0.05, 0) is 19.1 Å². The number of nitrogens with one attached hydrogen (secondary N) is 1. The van der Waals surface area contributed by atoms with Crippen molar-refractivity contribution in [2.24, 2.45) is 0 Å².